The van der Waals surface area contributed by atoms with E-state index in [1.54, 1.807) is 48.5 Å². The fourth-order valence-electron chi connectivity index (χ4n) is 3.63. The molecule has 1 aliphatic heterocycles. The topological polar surface area (TPSA) is 83.8 Å². The molecule has 1 saturated heterocycles. The normalized spacial score (nSPS) is 15.2. The lowest BCUT2D eigenvalue weighted by molar-refractivity contribution is 0.0162. The van der Waals surface area contributed by atoms with Crippen LogP contribution < -0.4 is 10.6 Å². The third kappa shape index (κ3) is 5.40. The van der Waals surface area contributed by atoms with Crippen LogP contribution >= 0.6 is 0 Å². The number of hydrogen-bond acceptors (Lipinski definition) is 5. The van der Waals surface area contributed by atoms with Gasteiger partial charge in [0.2, 0.25) is 0 Å². The van der Waals surface area contributed by atoms with Crippen LogP contribution in [-0.4, -0.2) is 49.6 Å². The summed E-state index contributed by atoms with van der Waals surface area (Å²) in [6.45, 7) is 3.10. The summed E-state index contributed by atoms with van der Waals surface area (Å²) in [5.41, 5.74) is 1.96. The number of anilines is 1. The maximum absolute atomic E-state index is 13.4. The van der Waals surface area contributed by atoms with Crippen molar-refractivity contribution in [2.24, 2.45) is 0 Å². The summed E-state index contributed by atoms with van der Waals surface area (Å²) in [6.07, 6.45) is 1.43. The minimum Gasteiger partial charge on any atom is -0.459 e. The number of benzene rings is 2. The van der Waals surface area contributed by atoms with Crippen molar-refractivity contribution in [1.29, 1.82) is 0 Å². The molecule has 0 saturated carbocycles. The van der Waals surface area contributed by atoms with Crippen molar-refractivity contribution in [3.63, 3.8) is 0 Å². The van der Waals surface area contributed by atoms with Gasteiger partial charge in [-0.25, -0.2) is 4.39 Å². The van der Waals surface area contributed by atoms with Gasteiger partial charge in [0.25, 0.3) is 11.8 Å². The molecule has 8 heteroatoms. The van der Waals surface area contributed by atoms with Crippen molar-refractivity contribution in [1.82, 2.24) is 10.2 Å². The van der Waals surface area contributed by atoms with Gasteiger partial charge in [-0.3, -0.25) is 14.5 Å². The Hall–Kier alpha value is -3.49. The molecule has 0 spiro atoms. The van der Waals surface area contributed by atoms with E-state index in [9.17, 15) is 14.0 Å². The first-order valence-corrected chi connectivity index (χ1v) is 10.4. The molecule has 166 valence electrons. The van der Waals surface area contributed by atoms with Crippen LogP contribution in [0.1, 0.15) is 32.5 Å². The molecule has 4 rings (SSSR count). The molecule has 7 nitrogen and oxygen atoms in total. The van der Waals surface area contributed by atoms with E-state index in [2.05, 4.69) is 15.5 Å². The molecule has 0 bridgehead atoms. The predicted molar refractivity (Wildman–Crippen MR) is 117 cm³/mol. The number of amides is 2. The van der Waals surface area contributed by atoms with Gasteiger partial charge in [-0.2, -0.15) is 0 Å². The maximum Gasteiger partial charge on any atom is 0.291 e. The fraction of sp³-hybridized carbons (Fsp3) is 0.250. The van der Waals surface area contributed by atoms with Crippen LogP contribution in [0.15, 0.2) is 71.3 Å². The van der Waals surface area contributed by atoms with Crippen molar-refractivity contribution in [2.45, 2.75) is 6.04 Å². The molecule has 3 aromatic rings. The van der Waals surface area contributed by atoms with Crippen molar-refractivity contribution in [2.75, 3.05) is 38.2 Å². The van der Waals surface area contributed by atoms with Gasteiger partial charge < -0.3 is 19.8 Å². The van der Waals surface area contributed by atoms with Crippen LogP contribution in [0.4, 0.5) is 10.1 Å². The first-order chi connectivity index (χ1) is 15.6. The molecule has 2 N–H and O–H groups in total. The SMILES string of the molecule is O=C(NC[C@@H](c1ccc(F)cc1)N1CCOCC1)c1ccc(NC(=O)c2ccco2)cc1. The third-order valence-electron chi connectivity index (χ3n) is 5.35. The number of morpholine rings is 1. The number of carbonyl (C=O) groups is 2. The molecule has 2 aromatic carbocycles. The van der Waals surface area contributed by atoms with E-state index < -0.39 is 0 Å². The molecular weight excluding hydrogens is 413 g/mol. The quantitative estimate of drug-likeness (QED) is 0.591. The zero-order chi connectivity index (χ0) is 22.3. The molecule has 0 unspecified atom stereocenters. The summed E-state index contributed by atoms with van der Waals surface area (Å²) in [4.78, 5) is 27.0. The Morgan fingerprint density at radius 1 is 0.969 bits per heavy atom. The number of ether oxygens (including phenoxy) is 1. The average Bonchev–Trinajstić information content (AvgIpc) is 3.37. The van der Waals surface area contributed by atoms with Crippen LogP contribution in [0.2, 0.25) is 0 Å². The molecule has 0 radical (unpaired) electrons. The second-order valence-electron chi connectivity index (χ2n) is 7.43. The minimum absolute atomic E-state index is 0.0877. The number of carbonyl (C=O) groups excluding carboxylic acids is 2. The van der Waals surface area contributed by atoms with E-state index in [4.69, 9.17) is 9.15 Å². The van der Waals surface area contributed by atoms with Gasteiger partial charge in [0.15, 0.2) is 5.76 Å². The van der Waals surface area contributed by atoms with Gasteiger partial charge in [-0.15, -0.1) is 0 Å². The summed E-state index contributed by atoms with van der Waals surface area (Å²) >= 11 is 0. The van der Waals surface area contributed by atoms with Crippen molar-refractivity contribution in [3.05, 3.63) is 89.6 Å². The average molecular weight is 437 g/mol. The summed E-state index contributed by atoms with van der Waals surface area (Å²) in [6, 6.07) is 16.1. The van der Waals surface area contributed by atoms with E-state index in [-0.39, 0.29) is 29.4 Å². The van der Waals surface area contributed by atoms with E-state index in [0.29, 0.717) is 31.0 Å². The number of halogens is 1. The monoisotopic (exact) mass is 437 g/mol. The highest BCUT2D eigenvalue weighted by Crippen LogP contribution is 2.22. The standard InChI is InChI=1S/C24H24FN3O4/c25-19-7-3-17(4-8-19)21(28-11-14-31-15-12-28)16-26-23(29)18-5-9-20(10-6-18)27-24(30)22-2-1-13-32-22/h1-10,13,21H,11-12,14-16H2,(H,26,29)(H,27,30)/t21-/m0/s1. The highest BCUT2D eigenvalue weighted by molar-refractivity contribution is 6.02. The lowest BCUT2D eigenvalue weighted by atomic mass is 10.0. The Labute approximate surface area is 185 Å². The number of hydrogen-bond donors (Lipinski definition) is 2. The predicted octanol–water partition coefficient (Wildman–Crippen LogP) is 3.47. The van der Waals surface area contributed by atoms with Crippen molar-refractivity contribution in [3.8, 4) is 0 Å². The van der Waals surface area contributed by atoms with Gasteiger partial charge in [0.1, 0.15) is 5.82 Å². The molecular formula is C24H24FN3O4. The molecule has 1 fully saturated rings. The second-order valence-corrected chi connectivity index (χ2v) is 7.43. The Morgan fingerprint density at radius 3 is 2.34 bits per heavy atom. The third-order valence-corrected chi connectivity index (χ3v) is 5.35. The number of rotatable bonds is 7. The molecule has 2 amide bonds. The summed E-state index contributed by atoms with van der Waals surface area (Å²) in [5, 5.41) is 5.69. The Morgan fingerprint density at radius 2 is 1.69 bits per heavy atom. The Bertz CT molecular complexity index is 1030. The van der Waals surface area contributed by atoms with Gasteiger partial charge >= 0.3 is 0 Å². The van der Waals surface area contributed by atoms with Crippen molar-refractivity contribution < 1.29 is 23.1 Å². The lowest BCUT2D eigenvalue weighted by Gasteiger charge is -2.35. The molecule has 0 aliphatic carbocycles. The highest BCUT2D eigenvalue weighted by Gasteiger charge is 2.23. The fourth-order valence-corrected chi connectivity index (χ4v) is 3.63. The van der Waals surface area contributed by atoms with Crippen molar-refractivity contribution >= 4 is 17.5 Å². The van der Waals surface area contributed by atoms with Crippen LogP contribution in [-0.2, 0) is 4.74 Å². The van der Waals surface area contributed by atoms with Crippen LogP contribution in [0, 0.1) is 5.82 Å². The lowest BCUT2D eigenvalue weighted by Crippen LogP contribution is -2.43. The molecule has 1 atom stereocenters. The first-order valence-electron chi connectivity index (χ1n) is 10.4. The zero-order valence-corrected chi connectivity index (χ0v) is 17.4. The molecule has 1 aromatic heterocycles. The summed E-state index contributed by atoms with van der Waals surface area (Å²) in [5.74, 6) is -0.673. The molecule has 2 heterocycles. The minimum atomic E-state index is -0.361. The van der Waals surface area contributed by atoms with Crippen LogP contribution in [0.5, 0.6) is 0 Å². The molecule has 32 heavy (non-hydrogen) atoms. The number of nitrogens with zero attached hydrogens (tertiary/aromatic N) is 1. The maximum atomic E-state index is 13.4. The van der Waals surface area contributed by atoms with E-state index in [1.807, 2.05) is 0 Å². The zero-order valence-electron chi connectivity index (χ0n) is 17.4. The van der Waals surface area contributed by atoms with Gasteiger partial charge in [-0.1, -0.05) is 12.1 Å². The number of nitrogens with one attached hydrogen (secondary N) is 2. The summed E-state index contributed by atoms with van der Waals surface area (Å²) in [7, 11) is 0. The van der Waals surface area contributed by atoms with Crippen LogP contribution in [0.25, 0.3) is 0 Å². The van der Waals surface area contributed by atoms with Crippen LogP contribution in [0.3, 0.4) is 0 Å². The van der Waals surface area contributed by atoms with Gasteiger partial charge in [0, 0.05) is 30.9 Å². The highest BCUT2D eigenvalue weighted by atomic mass is 19.1. The second kappa shape index (κ2) is 10.2. The Kier molecular flexibility index (Phi) is 6.94. The van der Waals surface area contributed by atoms with Gasteiger partial charge in [-0.05, 0) is 54.1 Å². The van der Waals surface area contributed by atoms with E-state index in [1.165, 1.54) is 18.4 Å². The van der Waals surface area contributed by atoms with E-state index >= 15 is 0 Å². The van der Waals surface area contributed by atoms with E-state index in [0.717, 1.165) is 18.7 Å². The Balaban J connectivity index is 1.39. The van der Waals surface area contributed by atoms with Gasteiger partial charge in [0.05, 0.1) is 25.5 Å². The number of furan rings is 1. The smallest absolute Gasteiger partial charge is 0.291 e. The summed E-state index contributed by atoms with van der Waals surface area (Å²) < 4.78 is 23.9. The molecule has 1 aliphatic rings. The largest absolute Gasteiger partial charge is 0.459 e. The first kappa shape index (κ1) is 21.7.